The number of hydrogen-bond donors (Lipinski definition) is 1. The number of carbonyl (C=O) groups excluding carboxylic acids is 1. The molecule has 76 valence electrons. The first-order valence-corrected chi connectivity index (χ1v) is 5.08. The van der Waals surface area contributed by atoms with Crippen LogP contribution in [0.2, 0.25) is 0 Å². The predicted octanol–water partition coefficient (Wildman–Crippen LogP) is 2.63. The molecule has 0 aliphatic rings. The molecule has 0 fully saturated rings. The number of carbonyl (C=O) groups is 1. The van der Waals surface area contributed by atoms with Crippen LogP contribution in [0.1, 0.15) is 24.2 Å². The van der Waals surface area contributed by atoms with Crippen LogP contribution in [0.3, 0.4) is 0 Å². The number of hydrogen-bond acceptors (Lipinski definition) is 3. The second-order valence-electron chi connectivity index (χ2n) is 2.86. The topological polar surface area (TPSA) is 52.3 Å². The number of benzene rings is 1. The number of Topliss-reactive ketones (excluding diaryl/α,β-unsaturated/α-hetero) is 1. The van der Waals surface area contributed by atoms with E-state index in [0.29, 0.717) is 23.6 Å². The molecular weight excluding hydrogens is 246 g/mol. The Kier molecular flexibility index (Phi) is 3.52. The van der Waals surface area contributed by atoms with Crippen molar-refractivity contribution >= 4 is 27.4 Å². The van der Waals surface area contributed by atoms with Gasteiger partial charge in [-0.3, -0.25) is 4.79 Å². The molecule has 0 amide bonds. The van der Waals surface area contributed by atoms with E-state index in [1.165, 1.54) is 6.92 Å². The van der Waals surface area contributed by atoms with Gasteiger partial charge in [0.05, 0.1) is 12.2 Å². The van der Waals surface area contributed by atoms with Gasteiger partial charge in [-0.2, -0.15) is 0 Å². The number of ketones is 1. The summed E-state index contributed by atoms with van der Waals surface area (Å²) in [7, 11) is 0. The van der Waals surface area contributed by atoms with E-state index in [0.717, 1.165) is 4.47 Å². The minimum Gasteiger partial charge on any atom is -0.493 e. The Bertz CT molecular complexity index is 363. The van der Waals surface area contributed by atoms with Crippen molar-refractivity contribution < 1.29 is 9.53 Å². The van der Waals surface area contributed by atoms with Crippen LogP contribution in [0, 0.1) is 0 Å². The minimum atomic E-state index is -0.0848. The van der Waals surface area contributed by atoms with Crippen molar-refractivity contribution in [2.75, 3.05) is 12.3 Å². The van der Waals surface area contributed by atoms with Gasteiger partial charge in [-0.25, -0.2) is 0 Å². The van der Waals surface area contributed by atoms with Crippen LogP contribution in [-0.2, 0) is 0 Å². The monoisotopic (exact) mass is 257 g/mol. The lowest BCUT2D eigenvalue weighted by atomic mass is 10.1. The molecule has 1 rings (SSSR count). The molecule has 1 aromatic rings. The fourth-order valence-electron chi connectivity index (χ4n) is 1.25. The molecule has 0 heterocycles. The Hall–Kier alpha value is -1.03. The van der Waals surface area contributed by atoms with Crippen LogP contribution in [0.25, 0.3) is 0 Å². The highest BCUT2D eigenvalue weighted by Gasteiger charge is 2.13. The lowest BCUT2D eigenvalue weighted by Gasteiger charge is -2.10. The number of halogens is 1. The first-order valence-electron chi connectivity index (χ1n) is 4.29. The van der Waals surface area contributed by atoms with Gasteiger partial charge >= 0.3 is 0 Å². The van der Waals surface area contributed by atoms with Crippen LogP contribution in [0.4, 0.5) is 5.69 Å². The summed E-state index contributed by atoms with van der Waals surface area (Å²) in [5, 5.41) is 0. The van der Waals surface area contributed by atoms with Crippen LogP contribution < -0.4 is 10.5 Å². The van der Waals surface area contributed by atoms with E-state index in [9.17, 15) is 4.79 Å². The maximum absolute atomic E-state index is 11.3. The van der Waals surface area contributed by atoms with E-state index in [1.807, 2.05) is 6.92 Å². The Morgan fingerprint density at radius 2 is 2.21 bits per heavy atom. The molecule has 4 heteroatoms. The molecule has 0 saturated heterocycles. The van der Waals surface area contributed by atoms with Crippen LogP contribution in [-0.4, -0.2) is 12.4 Å². The minimum absolute atomic E-state index is 0.0848. The van der Waals surface area contributed by atoms with Gasteiger partial charge in [-0.1, -0.05) is 15.9 Å². The standard InChI is InChI=1S/C10H12BrNO2/c1-3-14-9-5-7(11)4-8(12)10(9)6(2)13/h4-5H,3,12H2,1-2H3. The van der Waals surface area contributed by atoms with Crippen LogP contribution in [0.15, 0.2) is 16.6 Å². The molecule has 0 aliphatic heterocycles. The Labute approximate surface area is 91.4 Å². The smallest absolute Gasteiger partial charge is 0.165 e. The average Bonchev–Trinajstić information content (AvgIpc) is 2.01. The zero-order valence-corrected chi connectivity index (χ0v) is 9.72. The molecular formula is C10H12BrNO2. The molecule has 0 bridgehead atoms. The van der Waals surface area contributed by atoms with Crippen molar-refractivity contribution in [2.45, 2.75) is 13.8 Å². The number of anilines is 1. The molecule has 0 unspecified atom stereocenters. The number of nitrogens with two attached hydrogens (primary N) is 1. The summed E-state index contributed by atoms with van der Waals surface area (Å²) in [6.45, 7) is 3.85. The third-order valence-corrected chi connectivity index (χ3v) is 2.21. The quantitative estimate of drug-likeness (QED) is 0.669. The van der Waals surface area contributed by atoms with Crippen molar-refractivity contribution in [2.24, 2.45) is 0 Å². The maximum atomic E-state index is 11.3. The zero-order chi connectivity index (χ0) is 10.7. The van der Waals surface area contributed by atoms with E-state index in [1.54, 1.807) is 12.1 Å². The third kappa shape index (κ3) is 2.26. The van der Waals surface area contributed by atoms with Crippen molar-refractivity contribution in [3.8, 4) is 5.75 Å². The first kappa shape index (κ1) is 11.0. The molecule has 0 aromatic heterocycles. The van der Waals surface area contributed by atoms with E-state index in [4.69, 9.17) is 10.5 Å². The van der Waals surface area contributed by atoms with Crippen LogP contribution >= 0.6 is 15.9 Å². The van der Waals surface area contributed by atoms with Gasteiger partial charge in [-0.05, 0) is 26.0 Å². The molecule has 0 saturated carbocycles. The summed E-state index contributed by atoms with van der Waals surface area (Å²) < 4.78 is 6.14. The molecule has 0 aliphatic carbocycles. The van der Waals surface area contributed by atoms with Gasteiger partial charge in [0.15, 0.2) is 5.78 Å². The molecule has 0 spiro atoms. The largest absolute Gasteiger partial charge is 0.493 e. The van der Waals surface area contributed by atoms with Crippen LogP contribution in [0.5, 0.6) is 5.75 Å². The predicted molar refractivity (Wildman–Crippen MR) is 59.7 cm³/mol. The maximum Gasteiger partial charge on any atom is 0.165 e. The molecule has 0 atom stereocenters. The third-order valence-electron chi connectivity index (χ3n) is 1.75. The van der Waals surface area contributed by atoms with Crippen molar-refractivity contribution in [3.63, 3.8) is 0 Å². The average molecular weight is 258 g/mol. The highest BCUT2D eigenvalue weighted by atomic mass is 79.9. The molecule has 0 radical (unpaired) electrons. The van der Waals surface area contributed by atoms with Crippen molar-refractivity contribution in [1.82, 2.24) is 0 Å². The Morgan fingerprint density at radius 1 is 1.57 bits per heavy atom. The second kappa shape index (κ2) is 4.46. The van der Waals surface area contributed by atoms with E-state index >= 15 is 0 Å². The van der Waals surface area contributed by atoms with E-state index in [-0.39, 0.29) is 5.78 Å². The number of nitrogen functional groups attached to an aromatic ring is 1. The SMILES string of the molecule is CCOc1cc(Br)cc(N)c1C(C)=O. The summed E-state index contributed by atoms with van der Waals surface area (Å²) in [5.74, 6) is 0.449. The van der Waals surface area contributed by atoms with Crippen molar-refractivity contribution in [3.05, 3.63) is 22.2 Å². The second-order valence-corrected chi connectivity index (χ2v) is 3.77. The number of ether oxygens (including phenoxy) is 1. The number of rotatable bonds is 3. The summed E-state index contributed by atoms with van der Waals surface area (Å²) in [5.41, 5.74) is 6.62. The van der Waals surface area contributed by atoms with E-state index < -0.39 is 0 Å². The lowest BCUT2D eigenvalue weighted by molar-refractivity contribution is 0.101. The highest BCUT2D eigenvalue weighted by Crippen LogP contribution is 2.29. The molecule has 2 N–H and O–H groups in total. The van der Waals surface area contributed by atoms with Gasteiger partial charge in [0.1, 0.15) is 5.75 Å². The summed E-state index contributed by atoms with van der Waals surface area (Å²) in [6.07, 6.45) is 0. The Morgan fingerprint density at radius 3 is 2.71 bits per heavy atom. The van der Waals surface area contributed by atoms with Crippen molar-refractivity contribution in [1.29, 1.82) is 0 Å². The van der Waals surface area contributed by atoms with Gasteiger partial charge in [0.2, 0.25) is 0 Å². The molecule has 1 aromatic carbocycles. The van der Waals surface area contributed by atoms with Gasteiger partial charge in [0.25, 0.3) is 0 Å². The first-order chi connectivity index (χ1) is 6.56. The summed E-state index contributed by atoms with van der Waals surface area (Å²) in [4.78, 5) is 11.3. The molecule has 14 heavy (non-hydrogen) atoms. The normalized spacial score (nSPS) is 9.93. The Balaban J connectivity index is 3.28. The fraction of sp³-hybridized carbons (Fsp3) is 0.300. The molecule has 3 nitrogen and oxygen atoms in total. The van der Waals surface area contributed by atoms with E-state index in [2.05, 4.69) is 15.9 Å². The summed E-state index contributed by atoms with van der Waals surface area (Å²) >= 11 is 3.29. The zero-order valence-electron chi connectivity index (χ0n) is 8.13. The van der Waals surface area contributed by atoms with Gasteiger partial charge in [0, 0.05) is 10.2 Å². The fourth-order valence-corrected chi connectivity index (χ4v) is 1.70. The lowest BCUT2D eigenvalue weighted by Crippen LogP contribution is -2.04. The highest BCUT2D eigenvalue weighted by molar-refractivity contribution is 9.10. The summed E-state index contributed by atoms with van der Waals surface area (Å²) in [6, 6.07) is 3.44. The van der Waals surface area contributed by atoms with Gasteiger partial charge in [-0.15, -0.1) is 0 Å². The van der Waals surface area contributed by atoms with Gasteiger partial charge < -0.3 is 10.5 Å².